The molecule has 220 valence electrons. The number of aryl methyl sites for hydroxylation is 2. The fourth-order valence-corrected chi connectivity index (χ4v) is 4.97. The summed E-state index contributed by atoms with van der Waals surface area (Å²) in [7, 11) is 0. The highest BCUT2D eigenvalue weighted by molar-refractivity contribution is 6.33. The molecule has 0 atom stereocenters. The van der Waals surface area contributed by atoms with Gasteiger partial charge in [-0.3, -0.25) is 9.67 Å². The smallest absolute Gasteiger partial charge is 0.477 e. The van der Waals surface area contributed by atoms with Crippen molar-refractivity contribution in [3.8, 4) is 22.4 Å². The van der Waals surface area contributed by atoms with Crippen molar-refractivity contribution in [2.24, 2.45) is 0 Å². The van der Waals surface area contributed by atoms with Crippen molar-refractivity contribution >= 4 is 23.5 Å². The number of aromatic nitrogens is 3. The highest BCUT2D eigenvalue weighted by Gasteiger charge is 2.38. The van der Waals surface area contributed by atoms with Gasteiger partial charge < -0.3 is 15.5 Å². The van der Waals surface area contributed by atoms with Gasteiger partial charge in [-0.15, -0.1) is 0 Å². The van der Waals surface area contributed by atoms with Gasteiger partial charge in [-0.2, -0.15) is 18.3 Å². The summed E-state index contributed by atoms with van der Waals surface area (Å²) in [6.07, 6.45) is 1.71. The topological polar surface area (TPSA) is 117 Å². The molecule has 0 fully saturated rings. The Kier molecular flexibility index (Phi) is 9.97. The summed E-state index contributed by atoms with van der Waals surface area (Å²) in [6.45, 7) is 2.21. The van der Waals surface area contributed by atoms with E-state index in [-0.39, 0.29) is 0 Å². The Morgan fingerprint density at radius 2 is 1.69 bits per heavy atom. The number of carbonyl (C=O) groups is 2. The Hall–Kier alpha value is -4.22. The number of pyridine rings is 1. The van der Waals surface area contributed by atoms with E-state index < -0.39 is 18.1 Å². The van der Waals surface area contributed by atoms with Crippen LogP contribution in [0, 0.1) is 0 Å². The number of alkyl halides is 3. The lowest BCUT2D eigenvalue weighted by Gasteiger charge is -2.14. The fraction of sp³-hybridized carbons (Fsp3) is 0.267. The van der Waals surface area contributed by atoms with Gasteiger partial charge in [0.15, 0.2) is 0 Å². The molecule has 1 aliphatic rings. The van der Waals surface area contributed by atoms with Crippen LogP contribution in [0.3, 0.4) is 0 Å². The second-order valence-electron chi connectivity index (χ2n) is 9.57. The maximum absolute atomic E-state index is 12.0. The van der Waals surface area contributed by atoms with E-state index in [9.17, 15) is 23.1 Å². The molecule has 0 aliphatic heterocycles. The second kappa shape index (κ2) is 13.6. The van der Waals surface area contributed by atoms with Crippen molar-refractivity contribution in [1.82, 2.24) is 20.1 Å². The molecule has 0 saturated carbocycles. The van der Waals surface area contributed by atoms with Gasteiger partial charge in [-0.25, -0.2) is 9.59 Å². The Bertz CT molecular complexity index is 1560. The quantitative estimate of drug-likeness (QED) is 0.204. The van der Waals surface area contributed by atoms with Crippen LogP contribution >= 0.6 is 11.6 Å². The molecule has 4 aromatic rings. The van der Waals surface area contributed by atoms with E-state index in [0.717, 1.165) is 70.9 Å². The summed E-state index contributed by atoms with van der Waals surface area (Å²) in [5.74, 6) is -3.67. The first-order chi connectivity index (χ1) is 20.1. The van der Waals surface area contributed by atoms with Crippen molar-refractivity contribution in [2.45, 2.75) is 38.4 Å². The Morgan fingerprint density at radius 3 is 2.36 bits per heavy atom. The first-order valence-electron chi connectivity index (χ1n) is 13.2. The van der Waals surface area contributed by atoms with Crippen molar-refractivity contribution < 1.29 is 33.0 Å². The lowest BCUT2D eigenvalue weighted by molar-refractivity contribution is -0.192. The van der Waals surface area contributed by atoms with Crippen LogP contribution in [0.2, 0.25) is 5.02 Å². The van der Waals surface area contributed by atoms with Crippen molar-refractivity contribution in [1.29, 1.82) is 0 Å². The van der Waals surface area contributed by atoms with Crippen LogP contribution in [0.1, 0.15) is 33.6 Å². The number of nitrogens with one attached hydrogen (secondary N) is 1. The molecule has 0 saturated heterocycles. The molecule has 0 unspecified atom stereocenters. The Balaban J connectivity index is 0.000000517. The van der Waals surface area contributed by atoms with Crippen LogP contribution < -0.4 is 5.32 Å². The van der Waals surface area contributed by atoms with Crippen LogP contribution in [-0.4, -0.2) is 56.2 Å². The summed E-state index contributed by atoms with van der Waals surface area (Å²) in [4.78, 5) is 25.1. The third-order valence-electron chi connectivity index (χ3n) is 6.75. The molecular weight excluding hydrogens is 573 g/mol. The van der Waals surface area contributed by atoms with E-state index in [1.807, 2.05) is 36.5 Å². The van der Waals surface area contributed by atoms with Gasteiger partial charge in [-0.1, -0.05) is 54.1 Å². The van der Waals surface area contributed by atoms with E-state index in [0.29, 0.717) is 18.7 Å². The molecule has 8 nitrogen and oxygen atoms in total. The number of carboxylic acid groups (broad SMARTS) is 2. The zero-order chi connectivity index (χ0) is 30.3. The normalized spacial score (nSPS) is 12.1. The molecular formula is C30H28ClF3N4O4. The van der Waals surface area contributed by atoms with E-state index in [1.54, 1.807) is 10.9 Å². The van der Waals surface area contributed by atoms with Crippen molar-refractivity contribution in [3.63, 3.8) is 0 Å². The molecule has 2 aromatic carbocycles. The fourth-order valence-electron chi connectivity index (χ4n) is 4.73. The number of aliphatic carboxylic acids is 1. The molecule has 2 heterocycles. The summed E-state index contributed by atoms with van der Waals surface area (Å²) in [6, 6.07) is 18.3. The monoisotopic (exact) mass is 600 g/mol. The molecule has 1 aliphatic carbocycles. The number of hydrogen-bond acceptors (Lipinski definition) is 5. The average Bonchev–Trinajstić information content (AvgIpc) is 3.35. The SMILES string of the molecule is O=C(O)C(F)(F)F.O=C(O)c1c2c(nn1CCCNCCc1ccc(-c3ccccc3Cl)cc1)-c1ccncc1CC2. The molecule has 0 spiro atoms. The van der Waals surface area contributed by atoms with Gasteiger partial charge in [-0.05, 0) is 67.6 Å². The molecule has 0 amide bonds. The van der Waals surface area contributed by atoms with Gasteiger partial charge >= 0.3 is 18.1 Å². The standard InChI is InChI=1S/C28H27ClN4O2.C2HF3O2/c29-25-5-2-1-4-22(25)20-8-6-19(7-9-20)12-15-30-14-3-17-33-27(28(34)35)24-11-10-21-18-31-16-13-23(21)26(24)32-33;3-2(4,5)1(6)7/h1-2,4-9,13,16,18,30H,3,10-12,14-15,17H2,(H,34,35);(H,6,7). The molecule has 3 N–H and O–H groups in total. The summed E-state index contributed by atoms with van der Waals surface area (Å²) >= 11 is 6.30. The number of aromatic carboxylic acids is 1. The average molecular weight is 601 g/mol. The zero-order valence-corrected chi connectivity index (χ0v) is 23.1. The Morgan fingerprint density at radius 1 is 0.976 bits per heavy atom. The maximum atomic E-state index is 12.0. The third-order valence-corrected chi connectivity index (χ3v) is 7.08. The molecule has 2 aromatic heterocycles. The van der Waals surface area contributed by atoms with E-state index in [1.165, 1.54) is 5.56 Å². The number of nitrogens with zero attached hydrogens (tertiary/aromatic N) is 3. The van der Waals surface area contributed by atoms with Gasteiger partial charge in [0.2, 0.25) is 0 Å². The summed E-state index contributed by atoms with van der Waals surface area (Å²) < 4.78 is 33.4. The lowest BCUT2D eigenvalue weighted by Crippen LogP contribution is -2.21. The minimum Gasteiger partial charge on any atom is -0.477 e. The number of halogens is 4. The minimum absolute atomic E-state index is 0.320. The highest BCUT2D eigenvalue weighted by Crippen LogP contribution is 2.34. The van der Waals surface area contributed by atoms with E-state index in [2.05, 4.69) is 39.7 Å². The first-order valence-corrected chi connectivity index (χ1v) is 13.5. The molecule has 0 radical (unpaired) electrons. The summed E-state index contributed by atoms with van der Waals surface area (Å²) in [5, 5.41) is 25.9. The number of hydrogen-bond donors (Lipinski definition) is 3. The number of fused-ring (bicyclic) bond motifs is 3. The molecule has 12 heteroatoms. The van der Waals surface area contributed by atoms with E-state index >= 15 is 0 Å². The van der Waals surface area contributed by atoms with Crippen LogP contribution in [0.4, 0.5) is 13.2 Å². The largest absolute Gasteiger partial charge is 0.490 e. The lowest BCUT2D eigenvalue weighted by atomic mass is 9.90. The van der Waals surface area contributed by atoms with E-state index in [4.69, 9.17) is 21.5 Å². The predicted molar refractivity (Wildman–Crippen MR) is 152 cm³/mol. The van der Waals surface area contributed by atoms with Crippen molar-refractivity contribution in [3.05, 3.63) is 94.4 Å². The van der Waals surface area contributed by atoms with Crippen LogP contribution in [0.15, 0.2) is 67.0 Å². The number of rotatable bonds is 9. The summed E-state index contributed by atoms with van der Waals surface area (Å²) in [5.41, 5.74) is 7.49. The van der Waals surface area contributed by atoms with Crippen molar-refractivity contribution in [2.75, 3.05) is 13.1 Å². The van der Waals surface area contributed by atoms with Gasteiger partial charge in [0.1, 0.15) is 5.69 Å². The maximum Gasteiger partial charge on any atom is 0.490 e. The first kappa shape index (κ1) is 30.7. The minimum atomic E-state index is -5.08. The predicted octanol–water partition coefficient (Wildman–Crippen LogP) is 5.92. The van der Waals surface area contributed by atoms with Gasteiger partial charge in [0, 0.05) is 40.7 Å². The zero-order valence-electron chi connectivity index (χ0n) is 22.4. The van der Waals surface area contributed by atoms with Gasteiger partial charge in [0.05, 0.1) is 5.69 Å². The van der Waals surface area contributed by atoms with Crippen LogP contribution in [0.25, 0.3) is 22.4 Å². The number of carboxylic acids is 2. The van der Waals surface area contributed by atoms with Crippen LogP contribution in [-0.2, 0) is 30.6 Å². The van der Waals surface area contributed by atoms with Crippen LogP contribution in [0.5, 0.6) is 0 Å². The van der Waals surface area contributed by atoms with Gasteiger partial charge in [0.25, 0.3) is 0 Å². The second-order valence-corrected chi connectivity index (χ2v) is 9.98. The molecule has 42 heavy (non-hydrogen) atoms. The Labute approximate surface area is 244 Å². The molecule has 5 rings (SSSR count). The molecule has 0 bridgehead atoms. The number of benzene rings is 2. The highest BCUT2D eigenvalue weighted by atomic mass is 35.5. The third kappa shape index (κ3) is 7.54.